The van der Waals surface area contributed by atoms with Gasteiger partial charge in [-0.1, -0.05) is 25.5 Å². The predicted molar refractivity (Wildman–Crippen MR) is 94.3 cm³/mol. The number of hydrogen-bond acceptors (Lipinski definition) is 3. The van der Waals surface area contributed by atoms with Gasteiger partial charge in [-0.3, -0.25) is 5.10 Å². The zero-order chi connectivity index (χ0) is 16.1. The predicted octanol–water partition coefficient (Wildman–Crippen LogP) is 4.50. The summed E-state index contributed by atoms with van der Waals surface area (Å²) in [5.74, 6) is 0.901. The van der Waals surface area contributed by atoms with Crippen molar-refractivity contribution in [1.29, 1.82) is 0 Å². The second kappa shape index (κ2) is 7.01. The van der Waals surface area contributed by atoms with E-state index < -0.39 is 0 Å². The lowest BCUT2D eigenvalue weighted by Gasteiger charge is -2.05. The maximum atomic E-state index is 5.83. The zero-order valence-corrected chi connectivity index (χ0v) is 13.3. The highest BCUT2D eigenvalue weighted by Gasteiger charge is 2.06. The van der Waals surface area contributed by atoms with Gasteiger partial charge in [0.05, 0.1) is 18.0 Å². The first-order valence-electron chi connectivity index (χ1n) is 7.91. The van der Waals surface area contributed by atoms with Crippen LogP contribution in [0, 0.1) is 0 Å². The minimum absolute atomic E-state index is 0.737. The molecule has 0 unspecified atom stereocenters. The number of nitrogens with one attached hydrogen (secondary N) is 1. The molecule has 118 valence electrons. The van der Waals surface area contributed by atoms with Crippen LogP contribution in [0.4, 0.5) is 5.69 Å². The van der Waals surface area contributed by atoms with Gasteiger partial charge in [0.25, 0.3) is 0 Å². The van der Waals surface area contributed by atoms with Gasteiger partial charge in [0.1, 0.15) is 5.75 Å². The maximum Gasteiger partial charge on any atom is 0.119 e. The lowest BCUT2D eigenvalue weighted by atomic mass is 10.1. The Labute approximate surface area is 136 Å². The van der Waals surface area contributed by atoms with Gasteiger partial charge in [-0.05, 0) is 54.4 Å². The third-order valence-electron chi connectivity index (χ3n) is 3.69. The van der Waals surface area contributed by atoms with Gasteiger partial charge in [-0.25, -0.2) is 0 Å². The van der Waals surface area contributed by atoms with Crippen molar-refractivity contribution in [3.8, 4) is 28.3 Å². The first kappa shape index (κ1) is 15.2. The van der Waals surface area contributed by atoms with Crippen LogP contribution >= 0.6 is 0 Å². The molecule has 4 nitrogen and oxygen atoms in total. The fraction of sp³-hybridized carbons (Fsp3) is 0.211. The third kappa shape index (κ3) is 3.72. The van der Waals surface area contributed by atoms with Gasteiger partial charge in [0.15, 0.2) is 0 Å². The Balaban J connectivity index is 1.75. The Morgan fingerprint density at radius 3 is 2.61 bits per heavy atom. The molecule has 0 aliphatic carbocycles. The summed E-state index contributed by atoms with van der Waals surface area (Å²) in [7, 11) is 0. The smallest absolute Gasteiger partial charge is 0.119 e. The number of H-pyrrole nitrogens is 1. The summed E-state index contributed by atoms with van der Waals surface area (Å²) < 4.78 is 5.69. The molecule has 23 heavy (non-hydrogen) atoms. The van der Waals surface area contributed by atoms with E-state index in [9.17, 15) is 0 Å². The average molecular weight is 307 g/mol. The van der Waals surface area contributed by atoms with Gasteiger partial charge >= 0.3 is 0 Å². The number of nitrogens with two attached hydrogens (primary N) is 1. The second-order valence-corrected chi connectivity index (χ2v) is 5.52. The first-order chi connectivity index (χ1) is 11.3. The van der Waals surface area contributed by atoms with E-state index in [2.05, 4.69) is 17.1 Å². The van der Waals surface area contributed by atoms with Crippen LogP contribution in [0.1, 0.15) is 19.8 Å². The van der Waals surface area contributed by atoms with E-state index in [0.717, 1.165) is 53.4 Å². The molecule has 0 saturated carbocycles. The number of benzene rings is 2. The molecule has 1 aromatic heterocycles. The standard InChI is InChI=1S/C19H21N3O/c1-2-3-11-23-17-9-7-14(8-10-17)18-13-19(22-21-18)15-5-4-6-16(20)12-15/h4-10,12-13H,2-3,11,20H2,1H3,(H,21,22). The molecule has 0 bridgehead atoms. The minimum Gasteiger partial charge on any atom is -0.494 e. The number of rotatable bonds is 6. The molecule has 0 spiro atoms. The Morgan fingerprint density at radius 2 is 1.87 bits per heavy atom. The van der Waals surface area contributed by atoms with Crippen LogP contribution in [-0.2, 0) is 0 Å². The summed E-state index contributed by atoms with van der Waals surface area (Å²) in [4.78, 5) is 0. The van der Waals surface area contributed by atoms with Crippen molar-refractivity contribution in [3.05, 3.63) is 54.6 Å². The van der Waals surface area contributed by atoms with E-state index in [4.69, 9.17) is 10.5 Å². The van der Waals surface area contributed by atoms with E-state index in [-0.39, 0.29) is 0 Å². The van der Waals surface area contributed by atoms with E-state index >= 15 is 0 Å². The molecule has 3 aromatic rings. The maximum absolute atomic E-state index is 5.83. The largest absolute Gasteiger partial charge is 0.494 e. The number of anilines is 1. The summed E-state index contributed by atoms with van der Waals surface area (Å²) >= 11 is 0. The number of aromatic nitrogens is 2. The van der Waals surface area contributed by atoms with Crippen LogP contribution in [0.25, 0.3) is 22.5 Å². The molecule has 3 N–H and O–H groups in total. The molecule has 0 atom stereocenters. The summed E-state index contributed by atoms with van der Waals surface area (Å²) in [6.45, 7) is 2.92. The Morgan fingerprint density at radius 1 is 1.04 bits per heavy atom. The monoisotopic (exact) mass is 307 g/mol. The van der Waals surface area contributed by atoms with E-state index in [1.165, 1.54) is 0 Å². The molecular formula is C19H21N3O. The molecule has 3 rings (SSSR count). The van der Waals surface area contributed by atoms with E-state index in [0.29, 0.717) is 0 Å². The normalized spacial score (nSPS) is 10.7. The summed E-state index contributed by atoms with van der Waals surface area (Å²) in [6.07, 6.45) is 2.21. The molecule has 2 aromatic carbocycles. The van der Waals surface area contributed by atoms with Crippen LogP contribution in [0.15, 0.2) is 54.6 Å². The van der Waals surface area contributed by atoms with Gasteiger partial charge < -0.3 is 10.5 Å². The van der Waals surface area contributed by atoms with E-state index in [1.54, 1.807) is 0 Å². The van der Waals surface area contributed by atoms with Crippen LogP contribution in [0.3, 0.4) is 0 Å². The summed E-state index contributed by atoms with van der Waals surface area (Å²) in [6, 6.07) is 17.8. The lowest BCUT2D eigenvalue weighted by Crippen LogP contribution is -1.95. The molecule has 4 heteroatoms. The molecule has 0 fully saturated rings. The average Bonchev–Trinajstić information content (AvgIpc) is 3.06. The quantitative estimate of drug-likeness (QED) is 0.520. The fourth-order valence-corrected chi connectivity index (χ4v) is 2.38. The van der Waals surface area contributed by atoms with Crippen molar-refractivity contribution in [1.82, 2.24) is 10.2 Å². The van der Waals surface area contributed by atoms with Crippen molar-refractivity contribution in [3.63, 3.8) is 0 Å². The van der Waals surface area contributed by atoms with Crippen molar-refractivity contribution >= 4 is 5.69 Å². The lowest BCUT2D eigenvalue weighted by molar-refractivity contribution is 0.309. The van der Waals surface area contributed by atoms with Crippen molar-refractivity contribution in [2.75, 3.05) is 12.3 Å². The Hall–Kier alpha value is -2.75. The fourth-order valence-electron chi connectivity index (χ4n) is 2.38. The number of hydrogen-bond donors (Lipinski definition) is 2. The molecule has 0 amide bonds. The van der Waals surface area contributed by atoms with Gasteiger partial charge in [-0.15, -0.1) is 0 Å². The molecule has 0 saturated heterocycles. The number of unbranched alkanes of at least 4 members (excludes halogenated alkanes) is 1. The van der Waals surface area contributed by atoms with Crippen LogP contribution in [0.5, 0.6) is 5.75 Å². The van der Waals surface area contributed by atoms with Crippen LogP contribution in [0.2, 0.25) is 0 Å². The van der Waals surface area contributed by atoms with Crippen molar-refractivity contribution < 1.29 is 4.74 Å². The summed E-state index contributed by atoms with van der Waals surface area (Å²) in [5, 5.41) is 7.46. The molecule has 0 aliphatic heterocycles. The SMILES string of the molecule is CCCCOc1ccc(-c2cc(-c3cccc(N)c3)n[nH]2)cc1. The number of aromatic amines is 1. The zero-order valence-electron chi connectivity index (χ0n) is 13.3. The van der Waals surface area contributed by atoms with Crippen molar-refractivity contribution in [2.45, 2.75) is 19.8 Å². The second-order valence-electron chi connectivity index (χ2n) is 5.52. The van der Waals surface area contributed by atoms with Gasteiger partial charge in [0.2, 0.25) is 0 Å². The molecule has 0 aliphatic rings. The van der Waals surface area contributed by atoms with Crippen LogP contribution < -0.4 is 10.5 Å². The van der Waals surface area contributed by atoms with Gasteiger partial charge in [-0.2, -0.15) is 5.10 Å². The Kier molecular flexibility index (Phi) is 4.62. The highest BCUT2D eigenvalue weighted by Crippen LogP contribution is 2.26. The van der Waals surface area contributed by atoms with Crippen LogP contribution in [-0.4, -0.2) is 16.8 Å². The topological polar surface area (TPSA) is 63.9 Å². The van der Waals surface area contributed by atoms with E-state index in [1.807, 2.05) is 54.6 Å². The molecular weight excluding hydrogens is 286 g/mol. The first-order valence-corrected chi connectivity index (χ1v) is 7.91. The number of ether oxygens (including phenoxy) is 1. The Bertz CT molecular complexity index is 762. The highest BCUT2D eigenvalue weighted by molar-refractivity contribution is 5.70. The number of nitrogens with zero attached hydrogens (tertiary/aromatic N) is 1. The summed E-state index contributed by atoms with van der Waals surface area (Å²) in [5.41, 5.74) is 10.5. The number of nitrogen functional groups attached to an aromatic ring is 1. The molecule has 0 radical (unpaired) electrons. The minimum atomic E-state index is 0.737. The third-order valence-corrected chi connectivity index (χ3v) is 3.69. The molecule has 1 heterocycles. The van der Waals surface area contributed by atoms with Gasteiger partial charge in [0, 0.05) is 11.3 Å². The highest BCUT2D eigenvalue weighted by atomic mass is 16.5. The van der Waals surface area contributed by atoms with Crippen molar-refractivity contribution in [2.24, 2.45) is 0 Å².